The summed E-state index contributed by atoms with van der Waals surface area (Å²) in [5.74, 6) is -2.46. The maximum Gasteiger partial charge on any atom is 0.410 e. The molecule has 5 atom stereocenters. The number of alkyl carbamates (subject to hydrolysis) is 1. The number of amides is 5. The number of primary amides is 1. The molecule has 0 spiro atoms. The summed E-state index contributed by atoms with van der Waals surface area (Å²) in [5, 5.41) is 14.8. The number of nitrogens with one attached hydrogen (secondary N) is 2. The van der Waals surface area contributed by atoms with Gasteiger partial charge >= 0.3 is 18.2 Å². The third-order valence-corrected chi connectivity index (χ3v) is 9.30. The van der Waals surface area contributed by atoms with Crippen LogP contribution < -0.4 is 16.4 Å². The molecular weight excluding hydrogens is 644 g/mol. The van der Waals surface area contributed by atoms with E-state index in [0.717, 1.165) is 29.8 Å². The van der Waals surface area contributed by atoms with Crippen molar-refractivity contribution in [2.75, 3.05) is 18.4 Å². The lowest BCUT2D eigenvalue weighted by molar-refractivity contribution is -0.139. The third kappa shape index (κ3) is 10.4. The van der Waals surface area contributed by atoms with Gasteiger partial charge < -0.3 is 40.7 Å². The molecule has 3 aliphatic rings. The molecule has 4 rings (SSSR count). The Balaban J connectivity index is 1.34. The van der Waals surface area contributed by atoms with Gasteiger partial charge in [0, 0.05) is 31.2 Å². The monoisotopic (exact) mass is 690 g/mol. The molecule has 15 nitrogen and oxygen atoms in total. The molecule has 1 aliphatic carbocycles. The molecule has 1 saturated heterocycles. The molecule has 2 aliphatic heterocycles. The van der Waals surface area contributed by atoms with Crippen molar-refractivity contribution < 1.29 is 43.3 Å². The number of aliphatic carboxylic acids is 1. The van der Waals surface area contributed by atoms with E-state index < -0.39 is 53.8 Å². The fraction of sp³-hybridized carbons (Fsp3) is 0.656. The molecule has 3 heterocycles. The van der Waals surface area contributed by atoms with Gasteiger partial charge in [-0.15, -0.1) is 0 Å². The fourth-order valence-electron chi connectivity index (χ4n) is 5.85. The predicted molar refractivity (Wildman–Crippen MR) is 175 cm³/mol. The van der Waals surface area contributed by atoms with Crippen molar-refractivity contribution in [3.63, 3.8) is 0 Å². The number of rotatable bonds is 13. The van der Waals surface area contributed by atoms with Gasteiger partial charge in [0.15, 0.2) is 5.13 Å². The van der Waals surface area contributed by atoms with Crippen LogP contribution in [0.2, 0.25) is 0 Å². The van der Waals surface area contributed by atoms with Crippen molar-refractivity contribution in [1.29, 1.82) is 0 Å². The number of carboxylic acids is 1. The average molecular weight is 691 g/mol. The van der Waals surface area contributed by atoms with Crippen molar-refractivity contribution in [2.45, 2.75) is 109 Å². The number of aromatic nitrogens is 1. The van der Waals surface area contributed by atoms with E-state index in [0.29, 0.717) is 30.9 Å². The van der Waals surface area contributed by atoms with Crippen LogP contribution in [0, 0.1) is 11.8 Å². The molecule has 5 amide bonds. The molecule has 1 saturated carbocycles. The number of likely N-dealkylation sites (tertiary alicyclic amines) is 1. The summed E-state index contributed by atoms with van der Waals surface area (Å²) in [4.78, 5) is 82.6. The van der Waals surface area contributed by atoms with Gasteiger partial charge in [-0.25, -0.2) is 14.6 Å². The molecule has 16 heteroatoms. The number of thiazole rings is 1. The maximum absolute atomic E-state index is 13.8. The Morgan fingerprint density at radius 2 is 1.90 bits per heavy atom. The van der Waals surface area contributed by atoms with Gasteiger partial charge in [-0.1, -0.05) is 36.3 Å². The number of nitrogens with two attached hydrogens (primary N) is 1. The van der Waals surface area contributed by atoms with Crippen molar-refractivity contribution in [3.8, 4) is 0 Å². The van der Waals surface area contributed by atoms with Gasteiger partial charge in [0.2, 0.25) is 17.7 Å². The summed E-state index contributed by atoms with van der Waals surface area (Å²) in [5.41, 5.74) is 5.70. The standard InChI is InChI=1S/C32H46N6O9S/c1-18(39)34-29-35-22-12-13-37(17-25(22)48-29)31(45)46-20-15-24(26(33)40)38(16-20)27(41)23(36-30(44)47-32(2,3)4)11-9-7-5-6-8-10-19-14-21(19)28(42)43/h8,10,19-21,23-24H,5-7,9,11-17H2,1-4H3,(H2,33,40)(H,36,44)(H,42,43)(H,34,35,39)/b10-8-/t19-,20-,21+,23+,24+/m1/s1. The first kappa shape index (κ1) is 36.6. The van der Waals surface area contributed by atoms with E-state index in [1.54, 1.807) is 20.8 Å². The summed E-state index contributed by atoms with van der Waals surface area (Å²) in [7, 11) is 0. The normalized spacial score (nSPS) is 22.5. The lowest BCUT2D eigenvalue weighted by Gasteiger charge is -2.29. The number of ether oxygens (including phenoxy) is 2. The van der Waals surface area contributed by atoms with Crippen LogP contribution in [0.15, 0.2) is 12.2 Å². The average Bonchev–Trinajstić information content (AvgIpc) is 3.46. The molecular formula is C32H46N6O9S. The molecule has 48 heavy (non-hydrogen) atoms. The quantitative estimate of drug-likeness (QED) is 0.175. The Kier molecular flexibility index (Phi) is 12.0. The summed E-state index contributed by atoms with van der Waals surface area (Å²) in [6.45, 7) is 7.05. The van der Waals surface area contributed by atoms with Crippen LogP contribution in [-0.4, -0.2) is 92.6 Å². The van der Waals surface area contributed by atoms with Crippen molar-refractivity contribution in [1.82, 2.24) is 20.1 Å². The smallest absolute Gasteiger partial charge is 0.410 e. The first-order valence-corrected chi connectivity index (χ1v) is 17.1. The molecule has 0 unspecified atom stereocenters. The van der Waals surface area contributed by atoms with Gasteiger partial charge in [0.1, 0.15) is 23.8 Å². The molecule has 1 aromatic heterocycles. The lowest BCUT2D eigenvalue weighted by atomic mass is 10.0. The van der Waals surface area contributed by atoms with Crippen LogP contribution in [0.4, 0.5) is 14.7 Å². The number of allylic oxidation sites excluding steroid dienone is 2. The van der Waals surface area contributed by atoms with Crippen molar-refractivity contribution >= 4 is 52.3 Å². The Bertz CT molecular complexity index is 1420. The van der Waals surface area contributed by atoms with Gasteiger partial charge in [-0.3, -0.25) is 19.2 Å². The third-order valence-electron chi connectivity index (χ3n) is 8.31. The minimum Gasteiger partial charge on any atom is -0.481 e. The molecule has 0 aromatic carbocycles. The van der Waals surface area contributed by atoms with E-state index in [1.807, 2.05) is 12.2 Å². The SMILES string of the molecule is CC(=O)Nc1nc2c(s1)CN(C(=O)O[C@@H]1C[C@@H](C(N)=O)N(C(=O)[C@H](CCCCC/C=C\[C@@H]3C[C@@H]3C(=O)O)NC(=O)OC(C)(C)C)C1)CC2. The summed E-state index contributed by atoms with van der Waals surface area (Å²) >= 11 is 1.29. The number of hydrogen-bond acceptors (Lipinski definition) is 10. The molecule has 1 aromatic rings. The van der Waals surface area contributed by atoms with E-state index in [4.69, 9.17) is 20.3 Å². The first-order valence-electron chi connectivity index (χ1n) is 16.3. The maximum atomic E-state index is 13.8. The summed E-state index contributed by atoms with van der Waals surface area (Å²) in [6.07, 6.45) is 6.15. The van der Waals surface area contributed by atoms with Crippen LogP contribution in [-0.2, 0) is 41.6 Å². The zero-order valence-electron chi connectivity index (χ0n) is 27.9. The number of hydrogen-bond donors (Lipinski definition) is 4. The van der Waals surface area contributed by atoms with E-state index in [9.17, 15) is 28.8 Å². The van der Waals surface area contributed by atoms with E-state index >= 15 is 0 Å². The number of carbonyl (C=O) groups is 6. The van der Waals surface area contributed by atoms with E-state index in [1.165, 1.54) is 28.1 Å². The minimum atomic E-state index is -1.03. The number of unbranched alkanes of at least 4 members (excludes halogenated alkanes) is 3. The number of nitrogens with zero attached hydrogens (tertiary/aromatic N) is 3. The first-order chi connectivity index (χ1) is 22.6. The largest absolute Gasteiger partial charge is 0.481 e. The topological polar surface area (TPSA) is 211 Å². The van der Waals surface area contributed by atoms with Crippen LogP contribution in [0.5, 0.6) is 0 Å². The number of carboxylic acid groups (broad SMARTS) is 1. The second-order valence-electron chi connectivity index (χ2n) is 13.5. The van der Waals surface area contributed by atoms with Gasteiger partial charge in [-0.05, 0) is 52.4 Å². The van der Waals surface area contributed by atoms with Gasteiger partial charge in [0.05, 0.1) is 24.7 Å². The second kappa shape index (κ2) is 15.8. The minimum absolute atomic E-state index is 0.0222. The summed E-state index contributed by atoms with van der Waals surface area (Å²) < 4.78 is 11.1. The Hall–Kier alpha value is -4.21. The molecule has 0 radical (unpaired) electrons. The Labute approximate surface area is 283 Å². The van der Waals surface area contributed by atoms with Crippen LogP contribution in [0.3, 0.4) is 0 Å². The van der Waals surface area contributed by atoms with E-state index in [2.05, 4.69) is 15.6 Å². The van der Waals surface area contributed by atoms with Gasteiger partial charge in [0.25, 0.3) is 0 Å². The van der Waals surface area contributed by atoms with Gasteiger partial charge in [-0.2, -0.15) is 0 Å². The van der Waals surface area contributed by atoms with Crippen LogP contribution >= 0.6 is 11.3 Å². The van der Waals surface area contributed by atoms with Crippen LogP contribution in [0.25, 0.3) is 0 Å². The fourth-order valence-corrected chi connectivity index (χ4v) is 6.92. The Morgan fingerprint density at radius 3 is 2.54 bits per heavy atom. The highest BCUT2D eigenvalue weighted by molar-refractivity contribution is 7.15. The Morgan fingerprint density at radius 1 is 1.15 bits per heavy atom. The zero-order chi connectivity index (χ0) is 35.2. The molecule has 264 valence electrons. The zero-order valence-corrected chi connectivity index (χ0v) is 28.7. The van der Waals surface area contributed by atoms with Crippen LogP contribution in [0.1, 0.15) is 83.2 Å². The number of carbonyl (C=O) groups excluding carboxylic acids is 5. The lowest BCUT2D eigenvalue weighted by Crippen LogP contribution is -2.53. The number of fused-ring (bicyclic) bond motifs is 1. The van der Waals surface area contributed by atoms with Crippen molar-refractivity contribution in [3.05, 3.63) is 22.7 Å². The highest BCUT2D eigenvalue weighted by Gasteiger charge is 2.44. The second-order valence-corrected chi connectivity index (χ2v) is 14.6. The molecule has 0 bridgehead atoms. The highest BCUT2D eigenvalue weighted by atomic mass is 32.1. The number of anilines is 1. The predicted octanol–water partition coefficient (Wildman–Crippen LogP) is 3.17. The summed E-state index contributed by atoms with van der Waals surface area (Å²) in [6, 6.07) is -2.03. The molecule has 2 fully saturated rings. The molecule has 5 N–H and O–H groups in total. The highest BCUT2D eigenvalue weighted by Crippen LogP contribution is 2.39. The van der Waals surface area contributed by atoms with Crippen molar-refractivity contribution in [2.24, 2.45) is 17.6 Å². The van der Waals surface area contributed by atoms with E-state index in [-0.39, 0.29) is 43.7 Å².